The third-order valence-electron chi connectivity index (χ3n) is 4.56. The number of carbonyl (C=O) groups is 1. The van der Waals surface area contributed by atoms with E-state index in [9.17, 15) is 4.79 Å². The highest BCUT2D eigenvalue weighted by atomic mass is 16.5. The number of rotatable bonds is 11. The molecule has 0 aliphatic rings. The average Bonchev–Trinajstić information content (AvgIpc) is 2.73. The van der Waals surface area contributed by atoms with Crippen LogP contribution >= 0.6 is 0 Å². The summed E-state index contributed by atoms with van der Waals surface area (Å²) in [6, 6.07) is 3.55. The minimum atomic E-state index is -0.395. The molecule has 9 nitrogen and oxygen atoms in total. The summed E-state index contributed by atoms with van der Waals surface area (Å²) in [7, 11) is 5.03. The van der Waals surface area contributed by atoms with Gasteiger partial charge in [0, 0.05) is 38.2 Å². The maximum atomic E-state index is 12.1. The van der Waals surface area contributed by atoms with E-state index in [0.29, 0.717) is 60.3 Å². The normalized spacial score (nSPS) is 11.9. The van der Waals surface area contributed by atoms with Gasteiger partial charge in [-0.1, -0.05) is 6.92 Å². The minimum Gasteiger partial charge on any atom is -0.493 e. The molecule has 1 aromatic heterocycles. The number of methoxy groups -OCH3 is 2. The summed E-state index contributed by atoms with van der Waals surface area (Å²) in [6.07, 6.45) is 0.990. The highest BCUT2D eigenvalue weighted by molar-refractivity contribution is 5.91. The van der Waals surface area contributed by atoms with Crippen LogP contribution in [0.25, 0.3) is 10.9 Å². The summed E-state index contributed by atoms with van der Waals surface area (Å²) in [5.41, 5.74) is 6.81. The Balaban J connectivity index is 2.02. The number of hydrogen-bond donors (Lipinski definition) is 2. The molecule has 0 fully saturated rings. The van der Waals surface area contributed by atoms with Crippen LogP contribution in [-0.2, 0) is 9.53 Å². The SMILES string of the molecule is CCOC(CC)C(=O)NCCCN(C)c1nc(N)c2cc(OC)c(OC)cc2n1. The number of nitrogens with two attached hydrogens (primary N) is 1. The highest BCUT2D eigenvalue weighted by Gasteiger charge is 2.16. The fourth-order valence-corrected chi connectivity index (χ4v) is 2.96. The molecule has 0 saturated carbocycles. The number of nitrogens with one attached hydrogen (secondary N) is 1. The van der Waals surface area contributed by atoms with E-state index in [1.54, 1.807) is 26.4 Å². The van der Waals surface area contributed by atoms with Crippen molar-refractivity contribution in [1.29, 1.82) is 0 Å². The molecule has 0 spiro atoms. The number of aromatic nitrogens is 2. The summed E-state index contributed by atoms with van der Waals surface area (Å²) >= 11 is 0. The molecule has 0 aliphatic carbocycles. The summed E-state index contributed by atoms with van der Waals surface area (Å²) in [5, 5.41) is 3.61. The molecule has 1 amide bonds. The van der Waals surface area contributed by atoms with Crippen molar-refractivity contribution in [2.24, 2.45) is 0 Å². The van der Waals surface area contributed by atoms with Crippen molar-refractivity contribution in [2.45, 2.75) is 32.8 Å². The van der Waals surface area contributed by atoms with Gasteiger partial charge in [-0.25, -0.2) is 4.98 Å². The van der Waals surface area contributed by atoms with Crippen molar-refractivity contribution in [3.05, 3.63) is 12.1 Å². The standard InChI is InChI=1S/C20H31N5O4/c1-6-15(29-7-2)19(26)22-9-8-10-25(3)20-23-14-12-17(28-5)16(27-4)11-13(14)18(21)24-20/h11-12,15H,6-10H2,1-5H3,(H,22,26)(H2,21,23,24). The first-order valence-corrected chi connectivity index (χ1v) is 9.74. The number of hydrogen-bond acceptors (Lipinski definition) is 8. The molecule has 1 heterocycles. The van der Waals surface area contributed by atoms with E-state index in [2.05, 4.69) is 15.3 Å². The second kappa shape index (κ2) is 10.7. The van der Waals surface area contributed by atoms with Gasteiger partial charge in [0.1, 0.15) is 11.9 Å². The summed E-state index contributed by atoms with van der Waals surface area (Å²) in [5.74, 6) is 1.95. The number of carbonyl (C=O) groups excluding carboxylic acids is 1. The third-order valence-corrected chi connectivity index (χ3v) is 4.56. The van der Waals surface area contributed by atoms with Gasteiger partial charge < -0.3 is 30.2 Å². The van der Waals surface area contributed by atoms with E-state index in [1.165, 1.54) is 0 Å². The van der Waals surface area contributed by atoms with Crippen molar-refractivity contribution in [1.82, 2.24) is 15.3 Å². The molecule has 1 unspecified atom stereocenters. The van der Waals surface area contributed by atoms with Crippen LogP contribution in [0.1, 0.15) is 26.7 Å². The van der Waals surface area contributed by atoms with Gasteiger partial charge >= 0.3 is 0 Å². The maximum Gasteiger partial charge on any atom is 0.249 e. The summed E-state index contributed by atoms with van der Waals surface area (Å²) in [4.78, 5) is 23.0. The minimum absolute atomic E-state index is 0.0794. The van der Waals surface area contributed by atoms with Crippen LogP contribution in [0.3, 0.4) is 0 Å². The Bertz CT molecular complexity index is 830. The number of nitrogens with zero attached hydrogens (tertiary/aromatic N) is 3. The van der Waals surface area contributed by atoms with E-state index >= 15 is 0 Å². The number of nitrogen functional groups attached to an aromatic ring is 1. The van der Waals surface area contributed by atoms with Crippen LogP contribution in [0.2, 0.25) is 0 Å². The third kappa shape index (κ3) is 5.60. The summed E-state index contributed by atoms with van der Waals surface area (Å²) < 4.78 is 16.1. The number of fused-ring (bicyclic) bond motifs is 1. The lowest BCUT2D eigenvalue weighted by atomic mass is 10.2. The monoisotopic (exact) mass is 405 g/mol. The Kier molecular flexibility index (Phi) is 8.26. The first-order valence-electron chi connectivity index (χ1n) is 9.74. The summed E-state index contributed by atoms with van der Waals surface area (Å²) in [6.45, 7) is 5.53. The van der Waals surface area contributed by atoms with Gasteiger partial charge in [-0.3, -0.25) is 4.79 Å². The van der Waals surface area contributed by atoms with Gasteiger partial charge in [0.05, 0.1) is 19.7 Å². The lowest BCUT2D eigenvalue weighted by Crippen LogP contribution is -2.37. The second-order valence-electron chi connectivity index (χ2n) is 6.55. The highest BCUT2D eigenvalue weighted by Crippen LogP contribution is 2.33. The zero-order valence-electron chi connectivity index (χ0n) is 17.8. The largest absolute Gasteiger partial charge is 0.493 e. The predicted octanol–water partition coefficient (Wildman–Crippen LogP) is 1.99. The Morgan fingerprint density at radius 3 is 2.52 bits per heavy atom. The zero-order valence-corrected chi connectivity index (χ0v) is 17.8. The smallest absolute Gasteiger partial charge is 0.249 e. The Morgan fingerprint density at radius 2 is 1.90 bits per heavy atom. The molecule has 2 aromatic rings. The lowest BCUT2D eigenvalue weighted by molar-refractivity contribution is -0.132. The van der Waals surface area contributed by atoms with Gasteiger partial charge in [-0.15, -0.1) is 0 Å². The quantitative estimate of drug-likeness (QED) is 0.546. The fraction of sp³-hybridized carbons (Fsp3) is 0.550. The zero-order chi connectivity index (χ0) is 21.4. The molecule has 1 aromatic carbocycles. The topological polar surface area (TPSA) is 112 Å². The predicted molar refractivity (Wildman–Crippen MR) is 114 cm³/mol. The van der Waals surface area contributed by atoms with Crippen LogP contribution < -0.4 is 25.4 Å². The first kappa shape index (κ1) is 22.5. The Hall–Kier alpha value is -2.81. The van der Waals surface area contributed by atoms with Gasteiger partial charge in [0.15, 0.2) is 11.5 Å². The molecule has 9 heteroatoms. The van der Waals surface area contributed by atoms with Gasteiger partial charge in [-0.2, -0.15) is 4.98 Å². The fourth-order valence-electron chi connectivity index (χ4n) is 2.96. The lowest BCUT2D eigenvalue weighted by Gasteiger charge is -2.19. The van der Waals surface area contributed by atoms with Crippen molar-refractivity contribution in [2.75, 3.05) is 51.6 Å². The molecule has 0 bridgehead atoms. The molecule has 29 heavy (non-hydrogen) atoms. The van der Waals surface area contributed by atoms with Crippen molar-refractivity contribution in [3.8, 4) is 11.5 Å². The number of benzene rings is 1. The first-order chi connectivity index (χ1) is 13.9. The molecule has 0 radical (unpaired) electrons. The van der Waals surface area contributed by atoms with E-state index < -0.39 is 6.10 Å². The molecule has 1 atom stereocenters. The van der Waals surface area contributed by atoms with E-state index in [1.807, 2.05) is 25.8 Å². The molecule has 2 rings (SSSR count). The average molecular weight is 405 g/mol. The van der Waals surface area contributed by atoms with Crippen molar-refractivity contribution in [3.63, 3.8) is 0 Å². The van der Waals surface area contributed by atoms with E-state index in [-0.39, 0.29) is 5.91 Å². The molecule has 0 saturated heterocycles. The maximum absolute atomic E-state index is 12.1. The number of anilines is 2. The molecule has 0 aliphatic heterocycles. The Labute approximate surface area is 171 Å². The van der Waals surface area contributed by atoms with Crippen molar-refractivity contribution < 1.29 is 19.0 Å². The van der Waals surface area contributed by atoms with Crippen LogP contribution in [0.5, 0.6) is 11.5 Å². The van der Waals surface area contributed by atoms with E-state index in [4.69, 9.17) is 19.9 Å². The molecule has 3 N–H and O–H groups in total. The van der Waals surface area contributed by atoms with Crippen LogP contribution in [0.4, 0.5) is 11.8 Å². The van der Waals surface area contributed by atoms with Crippen molar-refractivity contribution >= 4 is 28.6 Å². The number of amides is 1. The van der Waals surface area contributed by atoms with Gasteiger partial charge in [0.25, 0.3) is 0 Å². The van der Waals surface area contributed by atoms with Crippen LogP contribution in [-0.4, -0.2) is 62.9 Å². The van der Waals surface area contributed by atoms with Gasteiger partial charge in [0.2, 0.25) is 11.9 Å². The Morgan fingerprint density at radius 1 is 1.21 bits per heavy atom. The van der Waals surface area contributed by atoms with Gasteiger partial charge in [-0.05, 0) is 25.8 Å². The van der Waals surface area contributed by atoms with E-state index in [0.717, 1.165) is 6.42 Å². The second-order valence-corrected chi connectivity index (χ2v) is 6.55. The molecular formula is C20H31N5O4. The molecule has 160 valence electrons. The number of ether oxygens (including phenoxy) is 3. The van der Waals surface area contributed by atoms with Crippen LogP contribution in [0, 0.1) is 0 Å². The van der Waals surface area contributed by atoms with Crippen LogP contribution in [0.15, 0.2) is 12.1 Å². The molecular weight excluding hydrogens is 374 g/mol.